The molecule has 0 aliphatic heterocycles. The average Bonchev–Trinajstić information content (AvgIpc) is 3.13. The van der Waals surface area contributed by atoms with Gasteiger partial charge in [0.25, 0.3) is 0 Å². The largest absolute Gasteiger partial charge is 0.476 e. The van der Waals surface area contributed by atoms with Gasteiger partial charge in [0.1, 0.15) is 16.7 Å². The minimum absolute atomic E-state index is 0.0232. The number of aromatic nitrogens is 3. The first-order chi connectivity index (χ1) is 13.9. The van der Waals surface area contributed by atoms with Crippen LogP contribution in [-0.2, 0) is 10.6 Å². The molecule has 0 spiro atoms. The molecule has 29 heavy (non-hydrogen) atoms. The Morgan fingerprint density at radius 2 is 1.72 bits per heavy atom. The van der Waals surface area contributed by atoms with E-state index < -0.39 is 11.8 Å². The predicted molar refractivity (Wildman–Crippen MR) is 110 cm³/mol. The molecule has 4 rings (SSSR count). The normalized spacial score (nSPS) is 13.2. The van der Waals surface area contributed by atoms with E-state index in [9.17, 15) is 15.0 Å². The summed E-state index contributed by atoms with van der Waals surface area (Å²) in [6.07, 6.45) is 0. The van der Waals surface area contributed by atoms with Crippen LogP contribution in [0, 0.1) is 0 Å². The van der Waals surface area contributed by atoms with E-state index in [-0.39, 0.29) is 16.3 Å². The lowest BCUT2D eigenvalue weighted by molar-refractivity contribution is -0.198. The highest BCUT2D eigenvalue weighted by molar-refractivity contribution is 9.10. The number of carbonyl (C=O) groups is 1. The van der Waals surface area contributed by atoms with Crippen molar-refractivity contribution in [1.82, 2.24) is 15.0 Å². The van der Waals surface area contributed by atoms with E-state index in [0.29, 0.717) is 21.2 Å². The first kappa shape index (κ1) is 19.4. The molecule has 4 aromatic rings. The fourth-order valence-corrected chi connectivity index (χ4v) is 3.32. The predicted octanol–water partition coefficient (Wildman–Crippen LogP) is 4.15. The second kappa shape index (κ2) is 7.47. The number of hydrogen-bond donors (Lipinski definition) is 2. The van der Waals surface area contributed by atoms with Crippen molar-refractivity contribution in [2.24, 2.45) is 0 Å². The minimum Gasteiger partial charge on any atom is -0.476 e. The first-order valence-electron chi connectivity index (χ1n) is 8.40. The quantitative estimate of drug-likeness (QED) is 0.422. The van der Waals surface area contributed by atoms with E-state index in [1.165, 1.54) is 29.1 Å². The first-order valence-corrected chi connectivity index (χ1v) is 9.57. The van der Waals surface area contributed by atoms with Crippen molar-refractivity contribution in [3.63, 3.8) is 0 Å². The van der Waals surface area contributed by atoms with Gasteiger partial charge in [-0.3, -0.25) is 0 Å². The number of carboxylic acids is 1. The third-order valence-corrected chi connectivity index (χ3v) is 4.91. The summed E-state index contributed by atoms with van der Waals surface area (Å²) in [4.78, 5) is 13.3. The molecule has 7 nitrogen and oxygen atoms in total. The van der Waals surface area contributed by atoms with Crippen molar-refractivity contribution in [3.05, 3.63) is 81.8 Å². The molecule has 0 radical (unpaired) electrons. The zero-order chi connectivity index (χ0) is 20.6. The van der Waals surface area contributed by atoms with Gasteiger partial charge in [-0.05, 0) is 42.5 Å². The second-order valence-corrected chi connectivity index (χ2v) is 7.50. The smallest absolute Gasteiger partial charge is 0.382 e. The van der Waals surface area contributed by atoms with Crippen LogP contribution < -0.4 is 4.74 Å². The molecule has 1 atom stereocenters. The third-order valence-electron chi connectivity index (χ3n) is 4.19. The molecule has 3 aromatic carbocycles. The molecule has 0 aliphatic carbocycles. The van der Waals surface area contributed by atoms with Gasteiger partial charge < -0.3 is 14.9 Å². The molecule has 2 N–H and O–H groups in total. The Kier molecular flexibility index (Phi) is 4.99. The highest BCUT2D eigenvalue weighted by Crippen LogP contribution is 2.33. The number of halogens is 2. The van der Waals surface area contributed by atoms with Gasteiger partial charge in [-0.2, -0.15) is 0 Å². The van der Waals surface area contributed by atoms with Crippen molar-refractivity contribution < 1.29 is 19.7 Å². The Bertz CT molecular complexity index is 1200. The maximum atomic E-state index is 11.9. The Labute approximate surface area is 178 Å². The lowest BCUT2D eigenvalue weighted by Gasteiger charge is -2.26. The zero-order valence-corrected chi connectivity index (χ0v) is 17.0. The van der Waals surface area contributed by atoms with Gasteiger partial charge in [-0.1, -0.05) is 51.8 Å². The molecule has 146 valence electrons. The molecule has 0 saturated carbocycles. The van der Waals surface area contributed by atoms with Crippen LogP contribution in [0.4, 0.5) is 0 Å². The fourth-order valence-electron chi connectivity index (χ4n) is 2.79. The minimum atomic E-state index is -2.67. The van der Waals surface area contributed by atoms with Crippen LogP contribution in [-0.4, -0.2) is 31.2 Å². The third kappa shape index (κ3) is 3.69. The summed E-state index contributed by atoms with van der Waals surface area (Å²) in [6, 6.07) is 17.9. The summed E-state index contributed by atoms with van der Waals surface area (Å²) in [7, 11) is 0. The van der Waals surface area contributed by atoms with Crippen LogP contribution in [0.2, 0.25) is 5.02 Å². The highest BCUT2D eigenvalue weighted by Gasteiger charge is 2.42. The van der Waals surface area contributed by atoms with Gasteiger partial charge in [-0.25, -0.2) is 4.79 Å². The molecule has 1 aromatic heterocycles. The summed E-state index contributed by atoms with van der Waals surface area (Å²) >= 11 is 9.34. The number of fused-ring (bicyclic) bond motifs is 1. The molecule has 0 aliphatic rings. The molecule has 0 saturated heterocycles. The SMILES string of the molecule is O=C(O)C(O)(Oc1ccc(Br)cc1-n1nc2ccccc2n1)c1cccc(Cl)c1. The maximum absolute atomic E-state index is 11.9. The summed E-state index contributed by atoms with van der Waals surface area (Å²) < 4.78 is 6.31. The summed E-state index contributed by atoms with van der Waals surface area (Å²) in [5, 5.41) is 29.6. The summed E-state index contributed by atoms with van der Waals surface area (Å²) in [6.45, 7) is 0. The average molecular weight is 475 g/mol. The van der Waals surface area contributed by atoms with Crippen molar-refractivity contribution in [3.8, 4) is 11.4 Å². The number of benzene rings is 3. The fraction of sp³-hybridized carbons (Fsp3) is 0.0500. The lowest BCUT2D eigenvalue weighted by atomic mass is 10.1. The number of hydrogen-bond acceptors (Lipinski definition) is 5. The zero-order valence-electron chi connectivity index (χ0n) is 14.7. The van der Waals surface area contributed by atoms with Crippen molar-refractivity contribution >= 4 is 44.5 Å². The number of aliphatic carboxylic acids is 1. The van der Waals surface area contributed by atoms with Gasteiger partial charge in [0.05, 0.1) is 0 Å². The Morgan fingerprint density at radius 1 is 1.03 bits per heavy atom. The summed E-state index contributed by atoms with van der Waals surface area (Å²) in [5.74, 6) is -4.19. The van der Waals surface area contributed by atoms with Crippen LogP contribution in [0.1, 0.15) is 5.56 Å². The van der Waals surface area contributed by atoms with Gasteiger partial charge in [-0.15, -0.1) is 15.0 Å². The van der Waals surface area contributed by atoms with Crippen molar-refractivity contribution in [2.45, 2.75) is 5.79 Å². The van der Waals surface area contributed by atoms with E-state index >= 15 is 0 Å². The van der Waals surface area contributed by atoms with E-state index in [4.69, 9.17) is 16.3 Å². The van der Waals surface area contributed by atoms with Crippen LogP contribution in [0.5, 0.6) is 5.75 Å². The molecule has 0 amide bonds. The Morgan fingerprint density at radius 3 is 2.34 bits per heavy atom. The maximum Gasteiger partial charge on any atom is 0.382 e. The Balaban J connectivity index is 1.83. The molecule has 0 fully saturated rings. The monoisotopic (exact) mass is 473 g/mol. The van der Waals surface area contributed by atoms with Crippen molar-refractivity contribution in [2.75, 3.05) is 0 Å². The molecule has 1 heterocycles. The van der Waals surface area contributed by atoms with E-state index in [0.717, 1.165) is 0 Å². The van der Waals surface area contributed by atoms with E-state index in [1.54, 1.807) is 30.3 Å². The van der Waals surface area contributed by atoms with Crippen LogP contribution in [0.25, 0.3) is 16.7 Å². The molecule has 9 heteroatoms. The van der Waals surface area contributed by atoms with Crippen LogP contribution in [0.3, 0.4) is 0 Å². The number of aliphatic hydroxyl groups is 1. The molecule has 1 unspecified atom stereocenters. The van der Waals surface area contributed by atoms with Gasteiger partial charge in [0.15, 0.2) is 5.75 Å². The topological polar surface area (TPSA) is 97.5 Å². The number of nitrogens with zero attached hydrogens (tertiary/aromatic N) is 3. The highest BCUT2D eigenvalue weighted by atomic mass is 79.9. The number of carboxylic acid groups (broad SMARTS) is 1. The van der Waals surface area contributed by atoms with Crippen LogP contribution >= 0.6 is 27.5 Å². The van der Waals surface area contributed by atoms with Crippen molar-refractivity contribution in [1.29, 1.82) is 0 Å². The lowest BCUT2D eigenvalue weighted by Crippen LogP contribution is -2.41. The van der Waals surface area contributed by atoms with Gasteiger partial charge in [0, 0.05) is 15.1 Å². The standard InChI is InChI=1S/C20H13BrClN3O4/c21-13-8-9-18(17(11-13)25-23-15-6-1-2-7-16(15)24-25)29-20(28,19(26)27)12-4-3-5-14(22)10-12/h1-11,28H,(H,26,27). The second-order valence-electron chi connectivity index (χ2n) is 6.15. The number of ether oxygens (including phenoxy) is 1. The summed E-state index contributed by atoms with van der Waals surface area (Å²) in [5.41, 5.74) is 1.63. The van der Waals surface area contributed by atoms with E-state index in [1.807, 2.05) is 12.1 Å². The molecular formula is C20H13BrClN3O4. The van der Waals surface area contributed by atoms with Gasteiger partial charge in [0.2, 0.25) is 0 Å². The van der Waals surface area contributed by atoms with Gasteiger partial charge >= 0.3 is 11.8 Å². The molecule has 0 bridgehead atoms. The van der Waals surface area contributed by atoms with Crippen LogP contribution in [0.15, 0.2) is 71.2 Å². The Hall–Kier alpha value is -2.94. The van der Waals surface area contributed by atoms with E-state index in [2.05, 4.69) is 26.1 Å². The molecular weight excluding hydrogens is 462 g/mol. The number of rotatable bonds is 5.